The summed E-state index contributed by atoms with van der Waals surface area (Å²) in [6.07, 6.45) is 4.61. The Morgan fingerprint density at radius 1 is 1.25 bits per heavy atom. The summed E-state index contributed by atoms with van der Waals surface area (Å²) in [6.45, 7) is 2.16. The topological polar surface area (TPSA) is 26.3 Å². The lowest BCUT2D eigenvalue weighted by Crippen LogP contribution is -1.99. The summed E-state index contributed by atoms with van der Waals surface area (Å²) >= 11 is 0. The van der Waals surface area contributed by atoms with E-state index in [2.05, 4.69) is 35.9 Å². The van der Waals surface area contributed by atoms with Crippen LogP contribution in [0.25, 0.3) is 0 Å². The SMILES string of the molecule is CCc1cccc(CCCCC(=O)OC)c1. The minimum Gasteiger partial charge on any atom is -0.469 e. The molecule has 88 valence electrons. The molecule has 0 radical (unpaired) electrons. The lowest BCUT2D eigenvalue weighted by molar-refractivity contribution is -0.140. The quantitative estimate of drug-likeness (QED) is 0.544. The third kappa shape index (κ3) is 4.47. The molecule has 0 amide bonds. The Hall–Kier alpha value is -1.31. The van der Waals surface area contributed by atoms with Gasteiger partial charge in [0.05, 0.1) is 7.11 Å². The van der Waals surface area contributed by atoms with Gasteiger partial charge in [-0.15, -0.1) is 0 Å². The van der Waals surface area contributed by atoms with Gasteiger partial charge in [-0.05, 0) is 36.8 Å². The number of rotatable bonds is 6. The van der Waals surface area contributed by atoms with Crippen molar-refractivity contribution in [2.75, 3.05) is 7.11 Å². The van der Waals surface area contributed by atoms with Crippen LogP contribution in [0.2, 0.25) is 0 Å². The predicted octanol–water partition coefficient (Wildman–Crippen LogP) is 3.13. The first-order valence-corrected chi connectivity index (χ1v) is 5.91. The number of hydrogen-bond donors (Lipinski definition) is 0. The molecule has 0 aliphatic rings. The number of hydrogen-bond acceptors (Lipinski definition) is 2. The van der Waals surface area contributed by atoms with Gasteiger partial charge in [0.15, 0.2) is 0 Å². The summed E-state index contributed by atoms with van der Waals surface area (Å²) in [7, 11) is 1.44. The molecule has 0 fully saturated rings. The van der Waals surface area contributed by atoms with Crippen molar-refractivity contribution in [3.8, 4) is 0 Å². The number of ether oxygens (including phenoxy) is 1. The number of methoxy groups -OCH3 is 1. The van der Waals surface area contributed by atoms with Crippen molar-refractivity contribution in [2.45, 2.75) is 39.0 Å². The van der Waals surface area contributed by atoms with Crippen molar-refractivity contribution in [2.24, 2.45) is 0 Å². The van der Waals surface area contributed by atoms with Crippen LogP contribution in [0.1, 0.15) is 37.3 Å². The van der Waals surface area contributed by atoms with E-state index in [4.69, 9.17) is 0 Å². The minimum absolute atomic E-state index is 0.109. The monoisotopic (exact) mass is 220 g/mol. The minimum atomic E-state index is -0.109. The molecule has 0 bridgehead atoms. The summed E-state index contributed by atoms with van der Waals surface area (Å²) < 4.78 is 4.60. The molecule has 0 aromatic heterocycles. The number of esters is 1. The number of carbonyl (C=O) groups is 1. The first kappa shape index (κ1) is 12.8. The second-order valence-electron chi connectivity index (χ2n) is 3.96. The van der Waals surface area contributed by atoms with Crippen molar-refractivity contribution in [1.82, 2.24) is 0 Å². The van der Waals surface area contributed by atoms with E-state index in [0.717, 1.165) is 25.7 Å². The molecule has 2 nitrogen and oxygen atoms in total. The highest BCUT2D eigenvalue weighted by Crippen LogP contribution is 2.10. The molecule has 0 N–H and O–H groups in total. The van der Waals surface area contributed by atoms with Crippen LogP contribution in [-0.2, 0) is 22.4 Å². The first-order chi connectivity index (χ1) is 7.76. The molecule has 1 aromatic carbocycles. The molecule has 2 heteroatoms. The fourth-order valence-electron chi connectivity index (χ4n) is 1.71. The smallest absolute Gasteiger partial charge is 0.305 e. The summed E-state index contributed by atoms with van der Waals surface area (Å²) in [6, 6.07) is 8.65. The molecule has 0 saturated heterocycles. The Kier molecular flexibility index (Phi) is 5.62. The molecule has 0 spiro atoms. The van der Waals surface area contributed by atoms with E-state index in [0.29, 0.717) is 6.42 Å². The zero-order chi connectivity index (χ0) is 11.8. The van der Waals surface area contributed by atoms with Gasteiger partial charge in [0.1, 0.15) is 0 Å². The fourth-order valence-corrected chi connectivity index (χ4v) is 1.71. The van der Waals surface area contributed by atoms with E-state index < -0.39 is 0 Å². The Labute approximate surface area is 97.6 Å². The van der Waals surface area contributed by atoms with Gasteiger partial charge in [0.2, 0.25) is 0 Å². The van der Waals surface area contributed by atoms with Gasteiger partial charge in [0.25, 0.3) is 0 Å². The Balaban J connectivity index is 2.28. The second kappa shape index (κ2) is 7.04. The Morgan fingerprint density at radius 2 is 2.00 bits per heavy atom. The number of unbranched alkanes of at least 4 members (excludes halogenated alkanes) is 1. The third-order valence-electron chi connectivity index (χ3n) is 2.72. The normalized spacial score (nSPS) is 10.1. The van der Waals surface area contributed by atoms with Crippen LogP contribution in [0, 0.1) is 0 Å². The average Bonchev–Trinajstić information content (AvgIpc) is 2.34. The average molecular weight is 220 g/mol. The van der Waals surface area contributed by atoms with Gasteiger partial charge in [-0.25, -0.2) is 0 Å². The largest absolute Gasteiger partial charge is 0.469 e. The molecule has 0 aliphatic heterocycles. The van der Waals surface area contributed by atoms with Crippen molar-refractivity contribution >= 4 is 5.97 Å². The zero-order valence-electron chi connectivity index (χ0n) is 10.2. The molecule has 16 heavy (non-hydrogen) atoms. The molecule has 0 unspecified atom stereocenters. The van der Waals surface area contributed by atoms with Crippen molar-refractivity contribution in [3.63, 3.8) is 0 Å². The van der Waals surface area contributed by atoms with Crippen LogP contribution < -0.4 is 0 Å². The maximum atomic E-state index is 10.9. The third-order valence-corrected chi connectivity index (χ3v) is 2.72. The van der Waals surface area contributed by atoms with Gasteiger partial charge in [-0.1, -0.05) is 31.2 Å². The van der Waals surface area contributed by atoms with Gasteiger partial charge >= 0.3 is 5.97 Å². The van der Waals surface area contributed by atoms with Crippen LogP contribution in [0.4, 0.5) is 0 Å². The lowest BCUT2D eigenvalue weighted by Gasteiger charge is -2.03. The van der Waals surface area contributed by atoms with E-state index in [1.165, 1.54) is 18.2 Å². The van der Waals surface area contributed by atoms with Crippen LogP contribution >= 0.6 is 0 Å². The maximum absolute atomic E-state index is 10.9. The number of benzene rings is 1. The Morgan fingerprint density at radius 3 is 2.69 bits per heavy atom. The molecule has 0 heterocycles. The van der Waals surface area contributed by atoms with Gasteiger partial charge < -0.3 is 4.74 Å². The highest BCUT2D eigenvalue weighted by atomic mass is 16.5. The van der Waals surface area contributed by atoms with Crippen LogP contribution in [0.3, 0.4) is 0 Å². The molecule has 1 rings (SSSR count). The molecule has 0 saturated carbocycles. The highest BCUT2D eigenvalue weighted by Gasteiger charge is 2.00. The highest BCUT2D eigenvalue weighted by molar-refractivity contribution is 5.68. The fraction of sp³-hybridized carbons (Fsp3) is 0.500. The van der Waals surface area contributed by atoms with E-state index in [-0.39, 0.29) is 5.97 Å². The summed E-state index contributed by atoms with van der Waals surface area (Å²) in [5.41, 5.74) is 2.75. The Bertz CT molecular complexity index is 331. The first-order valence-electron chi connectivity index (χ1n) is 5.91. The maximum Gasteiger partial charge on any atom is 0.305 e. The van der Waals surface area contributed by atoms with E-state index in [1.807, 2.05) is 0 Å². The van der Waals surface area contributed by atoms with Gasteiger partial charge in [0, 0.05) is 6.42 Å². The predicted molar refractivity (Wildman–Crippen MR) is 65.4 cm³/mol. The molecular formula is C14H20O2. The molecule has 0 aliphatic carbocycles. The summed E-state index contributed by atoms with van der Waals surface area (Å²) in [4.78, 5) is 10.9. The number of carbonyl (C=O) groups excluding carboxylic acids is 1. The lowest BCUT2D eigenvalue weighted by atomic mass is 10.0. The van der Waals surface area contributed by atoms with Crippen molar-refractivity contribution in [1.29, 1.82) is 0 Å². The van der Waals surface area contributed by atoms with Crippen LogP contribution in [0.15, 0.2) is 24.3 Å². The van der Waals surface area contributed by atoms with E-state index in [1.54, 1.807) is 0 Å². The zero-order valence-corrected chi connectivity index (χ0v) is 10.2. The summed E-state index contributed by atoms with van der Waals surface area (Å²) in [5, 5.41) is 0. The molecule has 0 atom stereocenters. The van der Waals surface area contributed by atoms with Crippen LogP contribution in [-0.4, -0.2) is 13.1 Å². The molecular weight excluding hydrogens is 200 g/mol. The summed E-state index contributed by atoms with van der Waals surface area (Å²) in [5.74, 6) is -0.109. The van der Waals surface area contributed by atoms with Gasteiger partial charge in [-0.3, -0.25) is 4.79 Å². The molecule has 1 aromatic rings. The standard InChI is InChI=1S/C14H20O2/c1-3-12-8-6-9-13(11-12)7-4-5-10-14(15)16-2/h6,8-9,11H,3-5,7,10H2,1-2H3. The van der Waals surface area contributed by atoms with E-state index >= 15 is 0 Å². The van der Waals surface area contributed by atoms with E-state index in [9.17, 15) is 4.79 Å². The van der Waals surface area contributed by atoms with Crippen molar-refractivity contribution in [3.05, 3.63) is 35.4 Å². The number of aryl methyl sites for hydroxylation is 2. The second-order valence-corrected chi connectivity index (χ2v) is 3.96. The van der Waals surface area contributed by atoms with Crippen molar-refractivity contribution < 1.29 is 9.53 Å². The van der Waals surface area contributed by atoms with Crippen LogP contribution in [0.5, 0.6) is 0 Å². The van der Waals surface area contributed by atoms with Gasteiger partial charge in [-0.2, -0.15) is 0 Å².